The Labute approximate surface area is 118 Å². The van der Waals surface area contributed by atoms with E-state index in [0.29, 0.717) is 37.8 Å². The molecule has 2 aromatic rings. The Bertz CT molecular complexity index is 552. The topological polar surface area (TPSA) is 70.5 Å². The number of hydrogen-bond acceptors (Lipinski definition) is 5. The standard InChI is InChI=1S/C15H20N2O3/c1-3-18-13-6-5-11(9-14(13)19-4-2)15-17-12(7-8-16)10-20-15/h5-6,9-10H,3-4,7-8,16H2,1-2H3. The summed E-state index contributed by atoms with van der Waals surface area (Å²) in [6, 6.07) is 5.66. The third-order valence-electron chi connectivity index (χ3n) is 2.74. The van der Waals surface area contributed by atoms with Gasteiger partial charge in [-0.2, -0.15) is 0 Å². The lowest BCUT2D eigenvalue weighted by molar-refractivity contribution is 0.288. The van der Waals surface area contributed by atoms with Gasteiger partial charge in [-0.1, -0.05) is 0 Å². The van der Waals surface area contributed by atoms with Crippen LogP contribution in [0.2, 0.25) is 0 Å². The van der Waals surface area contributed by atoms with E-state index in [9.17, 15) is 0 Å². The van der Waals surface area contributed by atoms with Gasteiger partial charge in [0.2, 0.25) is 5.89 Å². The van der Waals surface area contributed by atoms with Crippen LogP contribution in [-0.2, 0) is 6.42 Å². The molecule has 0 spiro atoms. The summed E-state index contributed by atoms with van der Waals surface area (Å²) in [6.45, 7) is 5.61. The van der Waals surface area contributed by atoms with E-state index in [4.69, 9.17) is 19.6 Å². The Hall–Kier alpha value is -2.01. The van der Waals surface area contributed by atoms with Crippen LogP contribution in [0.4, 0.5) is 0 Å². The van der Waals surface area contributed by atoms with Gasteiger partial charge < -0.3 is 19.6 Å². The number of rotatable bonds is 7. The van der Waals surface area contributed by atoms with E-state index < -0.39 is 0 Å². The Balaban J connectivity index is 2.28. The third-order valence-corrected chi connectivity index (χ3v) is 2.74. The van der Waals surface area contributed by atoms with Crippen molar-refractivity contribution in [2.24, 2.45) is 5.73 Å². The minimum atomic E-state index is 0.555. The Morgan fingerprint density at radius 2 is 1.90 bits per heavy atom. The zero-order valence-electron chi connectivity index (χ0n) is 11.9. The summed E-state index contributed by atoms with van der Waals surface area (Å²) in [5.41, 5.74) is 7.22. The van der Waals surface area contributed by atoms with Gasteiger partial charge in [0.1, 0.15) is 6.26 Å². The van der Waals surface area contributed by atoms with E-state index >= 15 is 0 Å². The third kappa shape index (κ3) is 3.30. The molecule has 0 bridgehead atoms. The fraction of sp³-hybridized carbons (Fsp3) is 0.400. The number of nitrogens with two attached hydrogens (primary N) is 1. The van der Waals surface area contributed by atoms with Gasteiger partial charge in [-0.05, 0) is 38.6 Å². The number of benzene rings is 1. The normalized spacial score (nSPS) is 10.6. The summed E-state index contributed by atoms with van der Waals surface area (Å²) in [5, 5.41) is 0. The second kappa shape index (κ2) is 6.96. The minimum absolute atomic E-state index is 0.555. The van der Waals surface area contributed by atoms with Crippen molar-refractivity contribution >= 4 is 0 Å². The molecule has 1 aromatic carbocycles. The molecule has 5 nitrogen and oxygen atoms in total. The number of nitrogens with zero attached hydrogens (tertiary/aromatic N) is 1. The van der Waals surface area contributed by atoms with Crippen LogP contribution in [0.1, 0.15) is 19.5 Å². The van der Waals surface area contributed by atoms with Gasteiger partial charge in [-0.3, -0.25) is 0 Å². The first kappa shape index (κ1) is 14.4. The van der Waals surface area contributed by atoms with Crippen LogP contribution in [0.15, 0.2) is 28.9 Å². The fourth-order valence-electron chi connectivity index (χ4n) is 1.89. The van der Waals surface area contributed by atoms with E-state index in [-0.39, 0.29) is 0 Å². The lowest BCUT2D eigenvalue weighted by Crippen LogP contribution is -2.02. The van der Waals surface area contributed by atoms with E-state index in [1.807, 2.05) is 32.0 Å². The second-order valence-corrected chi connectivity index (χ2v) is 4.21. The zero-order valence-corrected chi connectivity index (χ0v) is 11.9. The van der Waals surface area contributed by atoms with Crippen molar-refractivity contribution in [1.29, 1.82) is 0 Å². The molecule has 108 valence electrons. The van der Waals surface area contributed by atoms with Crippen LogP contribution < -0.4 is 15.2 Å². The Morgan fingerprint density at radius 3 is 2.60 bits per heavy atom. The molecule has 5 heteroatoms. The Kier molecular flexibility index (Phi) is 5.01. The first-order valence-corrected chi connectivity index (χ1v) is 6.83. The van der Waals surface area contributed by atoms with Crippen molar-refractivity contribution in [3.63, 3.8) is 0 Å². The molecule has 2 rings (SSSR count). The second-order valence-electron chi connectivity index (χ2n) is 4.21. The highest BCUT2D eigenvalue weighted by Crippen LogP contribution is 2.32. The lowest BCUT2D eigenvalue weighted by atomic mass is 10.2. The molecule has 2 N–H and O–H groups in total. The van der Waals surface area contributed by atoms with Gasteiger partial charge in [0.25, 0.3) is 0 Å². The molecule has 0 unspecified atom stereocenters. The average molecular weight is 276 g/mol. The van der Waals surface area contributed by atoms with E-state index in [1.165, 1.54) is 0 Å². The zero-order chi connectivity index (χ0) is 14.4. The first-order valence-electron chi connectivity index (χ1n) is 6.83. The maximum Gasteiger partial charge on any atom is 0.226 e. The molecule has 0 aliphatic rings. The molecule has 1 heterocycles. The molecular formula is C15H20N2O3. The molecule has 0 atom stereocenters. The highest BCUT2D eigenvalue weighted by molar-refractivity contribution is 5.60. The summed E-state index contributed by atoms with van der Waals surface area (Å²) in [5.74, 6) is 2.00. The van der Waals surface area contributed by atoms with Gasteiger partial charge in [0.15, 0.2) is 11.5 Å². The van der Waals surface area contributed by atoms with Gasteiger partial charge in [-0.25, -0.2) is 4.98 Å². The summed E-state index contributed by atoms with van der Waals surface area (Å²) in [4.78, 5) is 4.40. The van der Waals surface area contributed by atoms with Gasteiger partial charge in [0.05, 0.1) is 18.9 Å². The van der Waals surface area contributed by atoms with Crippen LogP contribution in [-0.4, -0.2) is 24.7 Å². The summed E-state index contributed by atoms with van der Waals surface area (Å²) < 4.78 is 16.6. The molecule has 0 aliphatic heterocycles. The molecule has 0 saturated heterocycles. The minimum Gasteiger partial charge on any atom is -0.490 e. The Morgan fingerprint density at radius 1 is 1.15 bits per heavy atom. The van der Waals surface area contributed by atoms with Crippen molar-refractivity contribution < 1.29 is 13.9 Å². The first-order chi connectivity index (χ1) is 9.78. The fourth-order valence-corrected chi connectivity index (χ4v) is 1.89. The van der Waals surface area contributed by atoms with Crippen LogP contribution in [0.3, 0.4) is 0 Å². The summed E-state index contributed by atoms with van der Waals surface area (Å²) in [7, 11) is 0. The van der Waals surface area contributed by atoms with Crippen molar-refractivity contribution in [2.45, 2.75) is 20.3 Å². The molecule has 1 aromatic heterocycles. The van der Waals surface area contributed by atoms with Gasteiger partial charge >= 0.3 is 0 Å². The van der Waals surface area contributed by atoms with Gasteiger partial charge in [0, 0.05) is 12.0 Å². The number of ether oxygens (including phenoxy) is 2. The number of hydrogen-bond donors (Lipinski definition) is 1. The van der Waals surface area contributed by atoms with E-state index in [0.717, 1.165) is 17.0 Å². The lowest BCUT2D eigenvalue weighted by Gasteiger charge is -2.11. The monoisotopic (exact) mass is 276 g/mol. The molecule has 0 amide bonds. The van der Waals surface area contributed by atoms with Gasteiger partial charge in [-0.15, -0.1) is 0 Å². The van der Waals surface area contributed by atoms with Crippen molar-refractivity contribution in [2.75, 3.05) is 19.8 Å². The molecule has 0 radical (unpaired) electrons. The number of aromatic nitrogens is 1. The average Bonchev–Trinajstić information content (AvgIpc) is 2.90. The number of oxazole rings is 1. The molecule has 0 fully saturated rings. The summed E-state index contributed by atoms with van der Waals surface area (Å²) in [6.07, 6.45) is 2.35. The predicted octanol–water partition coefficient (Wildman–Crippen LogP) is 2.64. The SMILES string of the molecule is CCOc1ccc(-c2nc(CCN)co2)cc1OCC. The molecule has 20 heavy (non-hydrogen) atoms. The highest BCUT2D eigenvalue weighted by atomic mass is 16.5. The predicted molar refractivity (Wildman–Crippen MR) is 77.0 cm³/mol. The van der Waals surface area contributed by atoms with E-state index in [1.54, 1.807) is 6.26 Å². The van der Waals surface area contributed by atoms with E-state index in [2.05, 4.69) is 4.98 Å². The van der Waals surface area contributed by atoms with Crippen LogP contribution >= 0.6 is 0 Å². The quantitative estimate of drug-likeness (QED) is 0.841. The smallest absolute Gasteiger partial charge is 0.226 e. The molecule has 0 aliphatic carbocycles. The highest BCUT2D eigenvalue weighted by Gasteiger charge is 2.11. The van der Waals surface area contributed by atoms with Crippen molar-refractivity contribution in [1.82, 2.24) is 4.98 Å². The maximum absolute atomic E-state index is 5.59. The molecule has 0 saturated carbocycles. The molecular weight excluding hydrogens is 256 g/mol. The van der Waals surface area contributed by atoms with Crippen LogP contribution in [0, 0.1) is 0 Å². The maximum atomic E-state index is 5.59. The van der Waals surface area contributed by atoms with Crippen LogP contribution in [0.25, 0.3) is 11.5 Å². The van der Waals surface area contributed by atoms with Crippen molar-refractivity contribution in [3.8, 4) is 23.0 Å². The largest absolute Gasteiger partial charge is 0.490 e. The summed E-state index contributed by atoms with van der Waals surface area (Å²) >= 11 is 0. The van der Waals surface area contributed by atoms with Crippen molar-refractivity contribution in [3.05, 3.63) is 30.2 Å². The van der Waals surface area contributed by atoms with Crippen LogP contribution in [0.5, 0.6) is 11.5 Å².